The zero-order valence-corrected chi connectivity index (χ0v) is 4.09. The van der Waals surface area contributed by atoms with Crippen molar-refractivity contribution in [2.75, 3.05) is 13.1 Å². The van der Waals surface area contributed by atoms with E-state index < -0.39 is 4.81 Å². The Morgan fingerprint density at radius 1 is 1.29 bits per heavy atom. The van der Waals surface area contributed by atoms with Gasteiger partial charge in [0.2, 0.25) is 0 Å². The molecule has 0 aromatic carbocycles. The molecule has 1 aliphatic heterocycles. The Morgan fingerprint density at radius 3 is 1.86 bits per heavy atom. The lowest BCUT2D eigenvalue weighted by Crippen LogP contribution is -2.32. The first kappa shape index (κ1) is 5.03. The zero-order chi connectivity index (χ0) is 5.33. The van der Waals surface area contributed by atoms with Crippen LogP contribution in [0.25, 0.3) is 0 Å². The second-order valence-corrected chi connectivity index (χ2v) is 1.97. The summed E-state index contributed by atoms with van der Waals surface area (Å²) in [7, 11) is 0. The molecule has 0 spiro atoms. The molecule has 3 nitrogen and oxygen atoms in total. The van der Waals surface area contributed by atoms with Gasteiger partial charge in [0.25, 0.3) is 0 Å². The maximum atomic E-state index is 10.3. The number of hydrogen-bond acceptors (Lipinski definition) is 1. The average Bonchev–Trinajstić information content (AvgIpc) is 1.84. The molecule has 1 saturated heterocycles. The second kappa shape index (κ2) is 1.43. The van der Waals surface area contributed by atoms with Crippen LogP contribution in [0.2, 0.25) is 0 Å². The van der Waals surface area contributed by atoms with Crippen LogP contribution in [0.15, 0.2) is 0 Å². The van der Waals surface area contributed by atoms with Crippen LogP contribution < -0.4 is 0 Å². The van der Waals surface area contributed by atoms with Gasteiger partial charge < -0.3 is 5.21 Å². The summed E-state index contributed by atoms with van der Waals surface area (Å²) in [5.74, 6) is 0. The first-order valence-corrected chi connectivity index (χ1v) is 2.50. The van der Waals surface area contributed by atoms with Crippen LogP contribution in [-0.2, 0) is 5.21 Å². The molecule has 0 saturated carbocycles. The third-order valence-electron chi connectivity index (χ3n) is 1.25. The predicted molar refractivity (Wildman–Crippen MR) is 23.3 cm³/mol. The van der Waals surface area contributed by atoms with Gasteiger partial charge in [0.15, 0.2) is 0 Å². The van der Waals surface area contributed by atoms with Crippen LogP contribution in [0.4, 0.5) is 0 Å². The highest BCUT2D eigenvalue weighted by atomic mass is 16.8. The molecule has 41 valence electrons. The number of rotatable bonds is 0. The van der Waals surface area contributed by atoms with E-state index in [1.54, 1.807) is 0 Å². The molecule has 1 rings (SSSR count). The normalized spacial score (nSPS) is 28.3. The summed E-state index contributed by atoms with van der Waals surface area (Å²) in [6, 6.07) is 0. The Balaban J connectivity index is 2.40. The first-order valence-electron chi connectivity index (χ1n) is 2.50. The summed E-state index contributed by atoms with van der Waals surface area (Å²) in [6.45, 7) is 0.556. The summed E-state index contributed by atoms with van der Waals surface area (Å²) in [6.07, 6.45) is 1.62. The molecule has 1 radical (unpaired) electrons. The van der Waals surface area contributed by atoms with Gasteiger partial charge in [0, 0.05) is 18.0 Å². The minimum absolute atomic E-state index is 0.278. The fourth-order valence-electron chi connectivity index (χ4n) is 0.817. The van der Waals surface area contributed by atoms with E-state index >= 15 is 0 Å². The van der Waals surface area contributed by atoms with Crippen LogP contribution >= 0.6 is 0 Å². The molecule has 0 aromatic rings. The van der Waals surface area contributed by atoms with Crippen LogP contribution in [0.5, 0.6) is 0 Å². The predicted octanol–water partition coefficient (Wildman–Crippen LogP) is 0.440. The third kappa shape index (κ3) is 1.12. The first-order chi connectivity index (χ1) is 3.21. The van der Waals surface area contributed by atoms with Crippen LogP contribution in [0, 0.1) is 5.21 Å². The molecule has 0 unspecified atom stereocenters. The number of hydroxylamine groups is 4. The molecule has 0 aromatic heterocycles. The highest BCUT2D eigenvalue weighted by Crippen LogP contribution is 2.12. The lowest BCUT2D eigenvalue weighted by atomic mass is 10.4. The molecule has 0 N–H and O–H groups in total. The molecule has 3 heteroatoms. The van der Waals surface area contributed by atoms with Gasteiger partial charge in [0.05, 0.1) is 0 Å². The van der Waals surface area contributed by atoms with Crippen molar-refractivity contribution in [1.82, 2.24) is 0 Å². The van der Waals surface area contributed by atoms with Gasteiger partial charge in [-0.3, -0.25) is 0 Å². The fraction of sp³-hybridized carbons (Fsp3) is 1.00. The van der Waals surface area contributed by atoms with Gasteiger partial charge in [-0.05, 0) is 0 Å². The third-order valence-corrected chi connectivity index (χ3v) is 1.25. The standard InChI is InChI=1S/C4H8NO2/c6-5(7)3-1-2-4-5/h1-4H2. The van der Waals surface area contributed by atoms with E-state index in [0.29, 0.717) is 0 Å². The molecule has 0 amide bonds. The van der Waals surface area contributed by atoms with Crippen LogP contribution in [0.3, 0.4) is 0 Å². The minimum atomic E-state index is -1.25. The second-order valence-electron chi connectivity index (χ2n) is 1.97. The minimum Gasteiger partial charge on any atom is -0.596 e. The van der Waals surface area contributed by atoms with Crippen LogP contribution in [0.1, 0.15) is 12.8 Å². The van der Waals surface area contributed by atoms with Crippen molar-refractivity contribution in [3.63, 3.8) is 0 Å². The van der Waals surface area contributed by atoms with Gasteiger partial charge in [0.1, 0.15) is 13.1 Å². The molecule has 1 heterocycles. The number of hydrogen-bond donors (Lipinski definition) is 0. The van der Waals surface area contributed by atoms with E-state index in [1.807, 2.05) is 0 Å². The smallest absolute Gasteiger partial charge is 0.112 e. The Morgan fingerprint density at radius 2 is 1.71 bits per heavy atom. The Bertz CT molecular complexity index is 64.1. The lowest BCUT2D eigenvalue weighted by molar-refractivity contribution is -1.08. The Hall–Kier alpha value is -0.120. The van der Waals surface area contributed by atoms with Crippen molar-refractivity contribution in [3.05, 3.63) is 5.21 Å². The monoisotopic (exact) mass is 102 g/mol. The van der Waals surface area contributed by atoms with Crippen molar-refractivity contribution in [3.8, 4) is 0 Å². The maximum absolute atomic E-state index is 10.3. The van der Waals surface area contributed by atoms with Crippen molar-refractivity contribution in [2.24, 2.45) is 0 Å². The van der Waals surface area contributed by atoms with E-state index in [0.717, 1.165) is 12.8 Å². The number of quaternary nitrogens is 1. The molecule has 1 fully saturated rings. The summed E-state index contributed by atoms with van der Waals surface area (Å²) in [5.41, 5.74) is 0. The van der Waals surface area contributed by atoms with E-state index in [4.69, 9.17) is 0 Å². The molecule has 1 aliphatic rings. The number of nitrogens with zero attached hydrogens (tertiary/aromatic N) is 1. The molecule has 7 heavy (non-hydrogen) atoms. The Labute approximate surface area is 42.3 Å². The van der Waals surface area contributed by atoms with Gasteiger partial charge in [-0.1, -0.05) is 0 Å². The molecule has 0 bridgehead atoms. The van der Waals surface area contributed by atoms with E-state index in [2.05, 4.69) is 0 Å². The summed E-state index contributed by atoms with van der Waals surface area (Å²) >= 11 is 0. The summed E-state index contributed by atoms with van der Waals surface area (Å²) in [5, 5.41) is 20.6. The average molecular weight is 102 g/mol. The lowest BCUT2D eigenvalue weighted by Gasteiger charge is -2.22. The Kier molecular flexibility index (Phi) is 1.03. The van der Waals surface area contributed by atoms with Gasteiger partial charge in [-0.2, -0.15) is 4.81 Å². The highest BCUT2D eigenvalue weighted by molar-refractivity contribution is 4.46. The van der Waals surface area contributed by atoms with Crippen molar-refractivity contribution in [1.29, 1.82) is 0 Å². The topological polar surface area (TPSA) is 43.0 Å². The van der Waals surface area contributed by atoms with Gasteiger partial charge in [-0.15, -0.1) is 0 Å². The van der Waals surface area contributed by atoms with E-state index in [-0.39, 0.29) is 13.1 Å². The van der Waals surface area contributed by atoms with Gasteiger partial charge >= 0.3 is 0 Å². The molecule has 0 atom stereocenters. The van der Waals surface area contributed by atoms with E-state index in [9.17, 15) is 10.4 Å². The quantitative estimate of drug-likeness (QED) is 0.323. The molecular weight excluding hydrogens is 94.0 g/mol. The van der Waals surface area contributed by atoms with Crippen molar-refractivity contribution < 1.29 is 10.0 Å². The summed E-state index contributed by atoms with van der Waals surface area (Å²) < 4.78 is 0. The van der Waals surface area contributed by atoms with Gasteiger partial charge in [-0.25, -0.2) is 0 Å². The van der Waals surface area contributed by atoms with Crippen molar-refractivity contribution in [2.45, 2.75) is 12.8 Å². The zero-order valence-electron chi connectivity index (χ0n) is 4.09. The molecular formula is C4H8NO2. The largest absolute Gasteiger partial charge is 0.596 e. The maximum Gasteiger partial charge on any atom is 0.112 e. The molecule has 0 aliphatic carbocycles. The fourth-order valence-corrected chi connectivity index (χ4v) is 0.817. The summed E-state index contributed by atoms with van der Waals surface area (Å²) in [4.78, 5) is -1.25. The van der Waals surface area contributed by atoms with E-state index in [1.165, 1.54) is 0 Å². The SMILES string of the molecule is [O][N+]1([O-])CCCC1. The van der Waals surface area contributed by atoms with Crippen LogP contribution in [-0.4, -0.2) is 17.9 Å². The van der Waals surface area contributed by atoms with Crippen molar-refractivity contribution >= 4 is 0 Å². The highest BCUT2D eigenvalue weighted by Gasteiger charge is 2.22.